The van der Waals surface area contributed by atoms with E-state index in [1.165, 1.54) is 10.9 Å². The van der Waals surface area contributed by atoms with Crippen molar-refractivity contribution in [1.82, 2.24) is 24.4 Å². The van der Waals surface area contributed by atoms with Crippen LogP contribution in [0.1, 0.15) is 38.3 Å². The molecule has 3 aliphatic heterocycles. The molecule has 3 aliphatic rings. The molecule has 0 aliphatic carbocycles. The highest BCUT2D eigenvalue weighted by Crippen LogP contribution is 2.55. The van der Waals surface area contributed by atoms with Crippen molar-refractivity contribution in [3.05, 3.63) is 11.6 Å². The lowest BCUT2D eigenvalue weighted by Crippen LogP contribution is -2.43. The van der Waals surface area contributed by atoms with Crippen molar-refractivity contribution in [3.63, 3.8) is 0 Å². The maximum atomic E-state index is 12.7. The Hall–Kier alpha value is -1.71. The number of hydrogen-bond acceptors (Lipinski definition) is 11. The Balaban J connectivity index is 1.28. The van der Waals surface area contributed by atoms with E-state index in [1.54, 1.807) is 0 Å². The lowest BCUT2D eigenvalue weighted by Gasteiger charge is -2.35. The van der Waals surface area contributed by atoms with Gasteiger partial charge in [-0.05, 0) is 37.9 Å². The van der Waals surface area contributed by atoms with E-state index >= 15 is 0 Å². The second-order valence-corrected chi connectivity index (χ2v) is 15.5. The van der Waals surface area contributed by atoms with Gasteiger partial charge in [0.2, 0.25) is 12.7 Å². The van der Waals surface area contributed by atoms with E-state index in [0.717, 1.165) is 25.7 Å². The zero-order chi connectivity index (χ0) is 29.0. The quantitative estimate of drug-likeness (QED) is 0.178. The molecule has 8 atom stereocenters. The van der Waals surface area contributed by atoms with Gasteiger partial charge in [-0.2, -0.15) is 9.97 Å². The number of ether oxygens (including phenoxy) is 2. The maximum Gasteiger partial charge on any atom is 0.413 e. The molecule has 2 aromatic rings. The maximum absolute atomic E-state index is 12.7. The number of nitrogens with zero attached hydrogens (tertiary/aromatic N) is 5. The Morgan fingerprint density at radius 2 is 1.85 bits per heavy atom. The Kier molecular flexibility index (Phi) is 8.32. The van der Waals surface area contributed by atoms with Crippen molar-refractivity contribution in [3.8, 4) is 0 Å². The van der Waals surface area contributed by atoms with E-state index in [9.17, 15) is 29.0 Å². The number of halogens is 1. The van der Waals surface area contributed by atoms with E-state index in [-0.39, 0.29) is 34.8 Å². The van der Waals surface area contributed by atoms with Crippen LogP contribution in [-0.2, 0) is 18.6 Å². The highest BCUT2D eigenvalue weighted by molar-refractivity contribution is 7.72. The Bertz CT molecular complexity index is 1360. The van der Waals surface area contributed by atoms with Gasteiger partial charge in [0.15, 0.2) is 23.2 Å². The minimum absolute atomic E-state index is 0.0297. The van der Waals surface area contributed by atoms with Crippen molar-refractivity contribution < 1.29 is 48.3 Å². The summed E-state index contributed by atoms with van der Waals surface area (Å²) in [6, 6.07) is 0.750. The molecule has 5 heterocycles. The van der Waals surface area contributed by atoms with Crippen LogP contribution in [0.15, 0.2) is 6.33 Å². The van der Waals surface area contributed by atoms with Gasteiger partial charge in [0.1, 0.15) is 24.2 Å². The highest BCUT2D eigenvalue weighted by Gasteiger charge is 2.45. The van der Waals surface area contributed by atoms with Crippen LogP contribution in [0.4, 0.5) is 10.6 Å². The van der Waals surface area contributed by atoms with Crippen LogP contribution >= 0.6 is 26.6 Å². The smallest absolute Gasteiger partial charge is 0.413 e. The second kappa shape index (κ2) is 11.2. The minimum Gasteiger partial charge on any atom is -0.446 e. The molecule has 3 fully saturated rings. The number of nitrogens with one attached hydrogen (secondary N) is 1. The molecule has 40 heavy (non-hydrogen) atoms. The number of carbonyl (C=O) groups is 1. The summed E-state index contributed by atoms with van der Waals surface area (Å²) in [5.41, 5.74) is 0.180. The van der Waals surface area contributed by atoms with Crippen molar-refractivity contribution in [1.29, 1.82) is 0 Å². The summed E-state index contributed by atoms with van der Waals surface area (Å²) in [6.45, 7) is 0. The molecule has 5 rings (SSSR count). The molecule has 16 nitrogen and oxygen atoms in total. The molecule has 0 saturated carbocycles. The van der Waals surface area contributed by atoms with E-state index in [1.807, 2.05) is 0 Å². The predicted molar refractivity (Wildman–Crippen MR) is 140 cm³/mol. The molecule has 6 N–H and O–H groups in total. The number of hydrogen-bond donors (Lipinski definition) is 6. The number of imidazole rings is 1. The number of aliphatic hydroxyl groups excluding tert-OH is 2. The molecule has 0 spiro atoms. The number of aromatic nitrogens is 4. The summed E-state index contributed by atoms with van der Waals surface area (Å²) in [5.74, 6) is -1.23. The summed E-state index contributed by atoms with van der Waals surface area (Å²) < 4.78 is 35.9. The Morgan fingerprint density at radius 3 is 2.50 bits per heavy atom. The van der Waals surface area contributed by atoms with Crippen LogP contribution in [-0.4, -0.2) is 111 Å². The third-order valence-corrected chi connectivity index (χ3v) is 12.1. The van der Waals surface area contributed by atoms with Crippen LogP contribution in [0.2, 0.25) is 5.28 Å². The van der Waals surface area contributed by atoms with Crippen molar-refractivity contribution in [2.24, 2.45) is 0 Å². The topological polar surface area (TPSA) is 230 Å². The van der Waals surface area contributed by atoms with E-state index in [2.05, 4.69) is 32.2 Å². The Labute approximate surface area is 233 Å². The fourth-order valence-electron chi connectivity index (χ4n) is 5.78. The molecular formula is C21H31ClN6O10P2. The average Bonchev–Trinajstić information content (AvgIpc) is 3.42. The first-order valence-electron chi connectivity index (χ1n) is 12.7. The standard InChI is InChI=1S/C21H31ClN6O10P2/c1-27-10-2-3-11(27)7-12(6-10)37-21(31)25-17-14-18(26-20(22)24-17)28(8-23-14)19-16(30)15(29)13(38-19)4-5-39(32,33)9-40(34,35)36/h8,10-13,15-16,19,29-30H,2-7,9H2,1H3,(H,32,33)(H2,34,35,36)(H,24,25,26,31)/t10-,11+,12?,13-,15+,16?,19-/m1/s1. The minimum atomic E-state index is -4.74. The number of rotatable bonds is 8. The lowest BCUT2D eigenvalue weighted by atomic mass is 10.0. The summed E-state index contributed by atoms with van der Waals surface area (Å²) in [6.07, 6.45) is -2.31. The van der Waals surface area contributed by atoms with Crippen molar-refractivity contribution in [2.45, 2.75) is 74.8 Å². The van der Waals surface area contributed by atoms with Gasteiger partial charge in [0.25, 0.3) is 0 Å². The molecule has 2 aromatic heterocycles. The van der Waals surface area contributed by atoms with Gasteiger partial charge in [-0.25, -0.2) is 9.78 Å². The SMILES string of the molecule is CN1[C@@H]2CC[C@H]1CC(OC(=O)Nc1nc(Cl)nc3c1ncn3[C@@H]1O[C@H](CCP(=O)(O)CP(=O)(O)O)[C@H](O)C1O)C2. The van der Waals surface area contributed by atoms with Crippen LogP contribution in [0.25, 0.3) is 11.2 Å². The molecule has 1 amide bonds. The number of aliphatic hydroxyl groups is 2. The van der Waals surface area contributed by atoms with Gasteiger partial charge < -0.3 is 39.3 Å². The van der Waals surface area contributed by atoms with Crippen LogP contribution < -0.4 is 5.32 Å². The number of fused-ring (bicyclic) bond motifs is 3. The summed E-state index contributed by atoms with van der Waals surface area (Å²) in [4.78, 5) is 55.3. The van der Waals surface area contributed by atoms with Gasteiger partial charge in [0.05, 0.1) is 12.4 Å². The average molecular weight is 625 g/mol. The predicted octanol–water partition coefficient (Wildman–Crippen LogP) is 1.07. The first-order valence-corrected chi connectivity index (χ1v) is 16.9. The van der Waals surface area contributed by atoms with Gasteiger partial charge >= 0.3 is 13.7 Å². The van der Waals surface area contributed by atoms with Crippen molar-refractivity contribution >= 4 is 49.6 Å². The fraction of sp³-hybridized carbons (Fsp3) is 0.714. The number of anilines is 1. The van der Waals surface area contributed by atoms with Gasteiger partial charge in [-0.1, -0.05) is 0 Å². The van der Waals surface area contributed by atoms with E-state index < -0.39 is 57.7 Å². The molecule has 0 aromatic carbocycles. The lowest BCUT2D eigenvalue weighted by molar-refractivity contribution is -0.0354. The van der Waals surface area contributed by atoms with Crippen LogP contribution in [0, 0.1) is 0 Å². The van der Waals surface area contributed by atoms with Gasteiger partial charge in [-0.3, -0.25) is 19.0 Å². The van der Waals surface area contributed by atoms with Gasteiger partial charge in [0, 0.05) is 31.1 Å². The molecule has 0 radical (unpaired) electrons. The third kappa shape index (κ3) is 6.36. The first kappa shape index (κ1) is 29.8. The fourth-order valence-corrected chi connectivity index (χ4v) is 9.47. The highest BCUT2D eigenvalue weighted by atomic mass is 35.5. The second-order valence-electron chi connectivity index (χ2n) is 10.6. The summed E-state index contributed by atoms with van der Waals surface area (Å²) >= 11 is 6.11. The zero-order valence-electron chi connectivity index (χ0n) is 21.4. The molecule has 2 bridgehead atoms. The molecule has 3 saturated heterocycles. The Morgan fingerprint density at radius 1 is 1.18 bits per heavy atom. The molecule has 3 unspecified atom stereocenters. The van der Waals surface area contributed by atoms with E-state index in [0.29, 0.717) is 12.1 Å². The summed E-state index contributed by atoms with van der Waals surface area (Å²) in [7, 11) is -6.88. The molecule has 222 valence electrons. The first-order chi connectivity index (χ1) is 18.7. The van der Waals surface area contributed by atoms with E-state index in [4.69, 9.17) is 30.9 Å². The number of carbonyl (C=O) groups excluding carboxylic acids is 1. The van der Waals surface area contributed by atoms with Crippen LogP contribution in [0.3, 0.4) is 0 Å². The molecule has 19 heteroatoms. The van der Waals surface area contributed by atoms with Gasteiger partial charge in [-0.15, -0.1) is 0 Å². The van der Waals surface area contributed by atoms with Crippen molar-refractivity contribution in [2.75, 3.05) is 24.4 Å². The summed E-state index contributed by atoms with van der Waals surface area (Å²) in [5, 5.41) is 23.5. The zero-order valence-corrected chi connectivity index (χ0v) is 23.9. The third-order valence-electron chi connectivity index (χ3n) is 7.72. The monoisotopic (exact) mass is 624 g/mol. The molecular weight excluding hydrogens is 594 g/mol. The normalized spacial score (nSPS) is 32.3. The number of piperidine rings is 1. The largest absolute Gasteiger partial charge is 0.446 e. The number of amides is 1. The van der Waals surface area contributed by atoms with Crippen LogP contribution in [0.5, 0.6) is 0 Å².